The van der Waals surface area contributed by atoms with Crippen LogP contribution in [0.1, 0.15) is 53.0 Å². The highest BCUT2D eigenvalue weighted by atomic mass is 15.0. The van der Waals surface area contributed by atoms with Gasteiger partial charge in [0.15, 0.2) is 0 Å². The molecule has 3 nitrogen and oxygen atoms in total. The van der Waals surface area contributed by atoms with Gasteiger partial charge in [0.25, 0.3) is 0 Å². The van der Waals surface area contributed by atoms with Crippen molar-refractivity contribution in [2.24, 2.45) is 0 Å². The van der Waals surface area contributed by atoms with E-state index in [-0.39, 0.29) is 5.41 Å². The van der Waals surface area contributed by atoms with Gasteiger partial charge in [-0.05, 0) is 47.7 Å². The molecule has 0 N–H and O–H groups in total. The Morgan fingerprint density at radius 2 is 1.52 bits per heavy atom. The lowest BCUT2D eigenvalue weighted by molar-refractivity contribution is 0.507. The monoisotopic (exact) mass is 411 g/mol. The van der Waals surface area contributed by atoms with E-state index in [9.17, 15) is 0 Å². The summed E-state index contributed by atoms with van der Waals surface area (Å²) in [6.45, 7) is 11.1. The van der Waals surface area contributed by atoms with Crippen LogP contribution in [0.4, 0.5) is 0 Å². The van der Waals surface area contributed by atoms with Gasteiger partial charge < -0.3 is 4.57 Å². The van der Waals surface area contributed by atoms with E-state index in [1.807, 2.05) is 48.9 Å². The van der Waals surface area contributed by atoms with Gasteiger partial charge in [-0.1, -0.05) is 77.4 Å². The van der Waals surface area contributed by atoms with Crippen molar-refractivity contribution in [2.45, 2.75) is 52.9 Å². The summed E-state index contributed by atoms with van der Waals surface area (Å²) in [5.74, 6) is 0. The number of hydrogen-bond donors (Lipinski definition) is 0. The molecule has 4 aromatic rings. The molecule has 0 atom stereocenters. The highest BCUT2D eigenvalue weighted by Crippen LogP contribution is 2.37. The molecule has 0 amide bonds. The summed E-state index contributed by atoms with van der Waals surface area (Å²) in [5, 5.41) is 0. The molecule has 31 heavy (non-hydrogen) atoms. The van der Waals surface area contributed by atoms with Gasteiger partial charge in [-0.3, -0.25) is 4.98 Å². The lowest BCUT2D eigenvalue weighted by atomic mass is 9.78. The van der Waals surface area contributed by atoms with Gasteiger partial charge >= 0.3 is 0 Å². The van der Waals surface area contributed by atoms with Crippen molar-refractivity contribution in [2.75, 3.05) is 0 Å². The van der Waals surface area contributed by atoms with Crippen LogP contribution in [-0.2, 0) is 5.41 Å². The first-order chi connectivity index (χ1) is 15.0. The first-order valence-corrected chi connectivity index (χ1v) is 11.2. The van der Waals surface area contributed by atoms with Gasteiger partial charge in [0, 0.05) is 29.2 Å². The fourth-order valence-electron chi connectivity index (χ4n) is 3.43. The molecule has 160 valence electrons. The molecule has 0 aliphatic rings. The van der Waals surface area contributed by atoms with E-state index in [2.05, 4.69) is 80.7 Å². The number of pyridine rings is 1. The maximum atomic E-state index is 4.75. The first-order valence-electron chi connectivity index (χ1n) is 11.2. The molecule has 2 heterocycles. The van der Waals surface area contributed by atoms with E-state index in [4.69, 9.17) is 4.98 Å². The fraction of sp³-hybridized carbons (Fsp3) is 0.286. The summed E-state index contributed by atoms with van der Waals surface area (Å²) in [6.07, 6.45) is 8.15. The van der Waals surface area contributed by atoms with Crippen molar-refractivity contribution in [3.05, 3.63) is 91.0 Å². The summed E-state index contributed by atoms with van der Waals surface area (Å²) in [5.41, 5.74) is 6.73. The molecular weight excluding hydrogens is 378 g/mol. The predicted octanol–water partition coefficient (Wildman–Crippen LogP) is 7.71. The SMILES string of the molecule is CCC.CCC(C)(C)c1ccc(-c2ccccn2)cc1-c1cn(-c2ccccc2)cn1. The van der Waals surface area contributed by atoms with Crippen molar-refractivity contribution in [3.63, 3.8) is 0 Å². The van der Waals surface area contributed by atoms with Crippen molar-refractivity contribution in [3.8, 4) is 28.2 Å². The largest absolute Gasteiger partial charge is 0.306 e. The van der Waals surface area contributed by atoms with Gasteiger partial charge in [-0.2, -0.15) is 0 Å². The second-order valence-corrected chi connectivity index (χ2v) is 8.42. The van der Waals surface area contributed by atoms with Gasteiger partial charge in [0.2, 0.25) is 0 Å². The van der Waals surface area contributed by atoms with Crippen molar-refractivity contribution in [1.82, 2.24) is 14.5 Å². The third-order valence-electron chi connectivity index (χ3n) is 5.51. The molecule has 0 radical (unpaired) electrons. The topological polar surface area (TPSA) is 30.7 Å². The maximum absolute atomic E-state index is 4.75. The van der Waals surface area contributed by atoms with Crippen LogP contribution in [-0.4, -0.2) is 14.5 Å². The zero-order valence-electron chi connectivity index (χ0n) is 19.3. The quantitative estimate of drug-likeness (QED) is 0.337. The zero-order chi connectivity index (χ0) is 22.3. The van der Waals surface area contributed by atoms with Crippen LogP contribution in [0.15, 0.2) is 85.5 Å². The van der Waals surface area contributed by atoms with Crippen LogP contribution in [0.25, 0.3) is 28.2 Å². The molecule has 2 aromatic carbocycles. The van der Waals surface area contributed by atoms with Crippen molar-refractivity contribution < 1.29 is 0 Å². The molecule has 0 unspecified atom stereocenters. The van der Waals surface area contributed by atoms with Gasteiger partial charge in [-0.15, -0.1) is 0 Å². The minimum absolute atomic E-state index is 0.0640. The summed E-state index contributed by atoms with van der Waals surface area (Å²) >= 11 is 0. The molecule has 0 bridgehead atoms. The number of nitrogens with zero attached hydrogens (tertiary/aromatic N) is 3. The number of benzene rings is 2. The predicted molar refractivity (Wildman–Crippen MR) is 132 cm³/mol. The van der Waals surface area contributed by atoms with Crippen molar-refractivity contribution >= 4 is 0 Å². The number of para-hydroxylation sites is 1. The van der Waals surface area contributed by atoms with Crippen LogP contribution < -0.4 is 0 Å². The Kier molecular flexibility index (Phi) is 7.41. The van der Waals surface area contributed by atoms with E-state index in [0.29, 0.717) is 0 Å². The summed E-state index contributed by atoms with van der Waals surface area (Å²) in [6, 6.07) is 23.0. The molecular formula is C28H33N3. The number of aromatic nitrogens is 3. The number of imidazole rings is 1. The van der Waals surface area contributed by atoms with Crippen molar-refractivity contribution in [1.29, 1.82) is 0 Å². The fourth-order valence-corrected chi connectivity index (χ4v) is 3.43. The second kappa shape index (κ2) is 10.2. The first kappa shape index (κ1) is 22.5. The summed E-state index contributed by atoms with van der Waals surface area (Å²) in [7, 11) is 0. The lowest BCUT2D eigenvalue weighted by Crippen LogP contribution is -2.17. The van der Waals surface area contributed by atoms with Crippen LogP contribution >= 0.6 is 0 Å². The van der Waals surface area contributed by atoms with Crippen LogP contribution in [0.3, 0.4) is 0 Å². The molecule has 0 aliphatic carbocycles. The van der Waals surface area contributed by atoms with Gasteiger partial charge in [-0.25, -0.2) is 4.98 Å². The zero-order valence-corrected chi connectivity index (χ0v) is 19.3. The molecule has 0 saturated heterocycles. The molecule has 3 heteroatoms. The van der Waals surface area contributed by atoms with E-state index in [1.165, 1.54) is 17.5 Å². The average molecular weight is 412 g/mol. The van der Waals surface area contributed by atoms with Crippen LogP contribution in [0.2, 0.25) is 0 Å². The highest BCUT2D eigenvalue weighted by Gasteiger charge is 2.23. The minimum Gasteiger partial charge on any atom is -0.306 e. The minimum atomic E-state index is 0.0640. The third kappa shape index (κ3) is 5.29. The maximum Gasteiger partial charge on any atom is 0.0999 e. The van der Waals surface area contributed by atoms with E-state index in [0.717, 1.165) is 29.1 Å². The highest BCUT2D eigenvalue weighted by molar-refractivity contribution is 5.73. The smallest absolute Gasteiger partial charge is 0.0999 e. The Morgan fingerprint density at radius 1 is 0.806 bits per heavy atom. The summed E-state index contributed by atoms with van der Waals surface area (Å²) < 4.78 is 2.07. The third-order valence-corrected chi connectivity index (χ3v) is 5.51. The standard InChI is InChI=1S/C25H25N3.C3H8/c1-4-25(2,3)22-14-13-19(23-12-8-9-15-26-23)16-21(22)24-17-28(18-27-24)20-10-6-5-7-11-20;1-3-2/h5-18H,4H2,1-3H3;3H2,1-2H3. The molecule has 0 aliphatic heterocycles. The van der Waals surface area contributed by atoms with Crippen LogP contribution in [0, 0.1) is 0 Å². The van der Waals surface area contributed by atoms with Crippen LogP contribution in [0.5, 0.6) is 0 Å². The molecule has 0 fully saturated rings. The Morgan fingerprint density at radius 3 is 2.16 bits per heavy atom. The lowest BCUT2D eigenvalue weighted by Gasteiger charge is -2.26. The van der Waals surface area contributed by atoms with Gasteiger partial charge in [0.1, 0.15) is 0 Å². The number of hydrogen-bond acceptors (Lipinski definition) is 2. The summed E-state index contributed by atoms with van der Waals surface area (Å²) in [4.78, 5) is 9.27. The second-order valence-electron chi connectivity index (χ2n) is 8.42. The Hall–Kier alpha value is -3.20. The Balaban J connectivity index is 0.000000858. The van der Waals surface area contributed by atoms with E-state index >= 15 is 0 Å². The number of rotatable bonds is 5. The van der Waals surface area contributed by atoms with E-state index < -0.39 is 0 Å². The molecule has 4 rings (SSSR count). The van der Waals surface area contributed by atoms with E-state index in [1.54, 1.807) is 0 Å². The Bertz CT molecular complexity index is 1080. The molecule has 2 aromatic heterocycles. The molecule has 0 spiro atoms. The Labute approximate surface area is 186 Å². The molecule has 0 saturated carbocycles. The average Bonchev–Trinajstić information content (AvgIpc) is 3.31. The van der Waals surface area contributed by atoms with Gasteiger partial charge in [0.05, 0.1) is 17.7 Å². The normalized spacial score (nSPS) is 11.0.